The van der Waals surface area contributed by atoms with Gasteiger partial charge in [0.05, 0.1) is 10.5 Å². The van der Waals surface area contributed by atoms with Crippen molar-refractivity contribution in [1.29, 1.82) is 0 Å². The second-order valence-electron chi connectivity index (χ2n) is 4.45. The molecule has 0 saturated heterocycles. The molecular formula is C14H13F2NO3S. The van der Waals surface area contributed by atoms with Crippen LogP contribution in [0.4, 0.5) is 14.5 Å². The Labute approximate surface area is 121 Å². The first-order chi connectivity index (χ1) is 9.77. The number of nitrogen functional groups attached to an aromatic ring is 1. The molecule has 0 aliphatic heterocycles. The zero-order valence-electron chi connectivity index (χ0n) is 11.1. The Balaban J connectivity index is 2.39. The lowest BCUT2D eigenvalue weighted by atomic mass is 10.2. The highest BCUT2D eigenvalue weighted by Gasteiger charge is 2.16. The van der Waals surface area contributed by atoms with E-state index < -0.39 is 16.3 Å². The number of benzene rings is 2. The summed E-state index contributed by atoms with van der Waals surface area (Å²) < 4.78 is 54.2. The lowest BCUT2D eigenvalue weighted by Gasteiger charge is -2.12. The summed E-state index contributed by atoms with van der Waals surface area (Å²) in [6, 6.07) is 9.53. The maximum Gasteiger partial charge on any atom is 0.267 e. The minimum Gasteiger partial charge on any atom is -0.457 e. The second-order valence-corrected chi connectivity index (χ2v) is 6.46. The van der Waals surface area contributed by atoms with E-state index in [1.165, 1.54) is 36.4 Å². The standard InChI is InChI=1S/C14H13F2NO3S/c1-21(18,19)11-4-2-3-10(8-11)20-13-6-5-9(17)7-12(13)14(15)16/h2-8,14H,17H2,1H3. The van der Waals surface area contributed by atoms with Crippen LogP contribution in [0.1, 0.15) is 12.0 Å². The van der Waals surface area contributed by atoms with E-state index in [9.17, 15) is 17.2 Å². The molecule has 0 saturated carbocycles. The summed E-state index contributed by atoms with van der Waals surface area (Å²) in [5.74, 6) is 0.0921. The first kappa shape index (κ1) is 15.2. The Bertz CT molecular complexity index is 761. The summed E-state index contributed by atoms with van der Waals surface area (Å²) in [5, 5.41) is 0. The van der Waals surface area contributed by atoms with Gasteiger partial charge < -0.3 is 10.5 Å². The van der Waals surface area contributed by atoms with Crippen LogP contribution in [0.25, 0.3) is 0 Å². The van der Waals surface area contributed by atoms with E-state index in [-0.39, 0.29) is 27.6 Å². The highest BCUT2D eigenvalue weighted by molar-refractivity contribution is 7.90. The van der Waals surface area contributed by atoms with Gasteiger partial charge in [0.25, 0.3) is 6.43 Å². The molecule has 2 N–H and O–H groups in total. The van der Waals surface area contributed by atoms with Crippen molar-refractivity contribution < 1.29 is 21.9 Å². The van der Waals surface area contributed by atoms with Crippen LogP contribution >= 0.6 is 0 Å². The summed E-state index contributed by atoms with van der Waals surface area (Å²) >= 11 is 0. The third-order valence-corrected chi connectivity index (χ3v) is 3.84. The molecule has 0 amide bonds. The molecule has 0 atom stereocenters. The Morgan fingerprint density at radius 2 is 1.86 bits per heavy atom. The van der Waals surface area contributed by atoms with Crippen LogP contribution in [-0.4, -0.2) is 14.7 Å². The Morgan fingerprint density at radius 1 is 1.14 bits per heavy atom. The van der Waals surface area contributed by atoms with Gasteiger partial charge >= 0.3 is 0 Å². The SMILES string of the molecule is CS(=O)(=O)c1cccc(Oc2ccc(N)cc2C(F)F)c1. The molecule has 0 radical (unpaired) electrons. The molecule has 2 aromatic carbocycles. The molecule has 0 aliphatic rings. The van der Waals surface area contributed by atoms with Gasteiger partial charge in [-0.05, 0) is 36.4 Å². The van der Waals surface area contributed by atoms with Crippen molar-refractivity contribution in [3.05, 3.63) is 48.0 Å². The first-order valence-corrected chi connectivity index (χ1v) is 7.82. The van der Waals surface area contributed by atoms with Crippen molar-refractivity contribution in [3.63, 3.8) is 0 Å². The largest absolute Gasteiger partial charge is 0.457 e. The van der Waals surface area contributed by atoms with E-state index in [2.05, 4.69) is 0 Å². The topological polar surface area (TPSA) is 69.4 Å². The number of alkyl halides is 2. The maximum absolute atomic E-state index is 12.9. The van der Waals surface area contributed by atoms with E-state index >= 15 is 0 Å². The molecule has 2 aromatic rings. The first-order valence-electron chi connectivity index (χ1n) is 5.93. The third kappa shape index (κ3) is 3.69. The number of halogens is 2. The van der Waals surface area contributed by atoms with Crippen LogP contribution in [-0.2, 0) is 9.84 Å². The lowest BCUT2D eigenvalue weighted by molar-refractivity contribution is 0.148. The van der Waals surface area contributed by atoms with Crippen LogP contribution in [0.3, 0.4) is 0 Å². The Hall–Kier alpha value is -2.15. The van der Waals surface area contributed by atoms with E-state index in [1.54, 1.807) is 0 Å². The molecule has 21 heavy (non-hydrogen) atoms. The summed E-state index contributed by atoms with van der Waals surface area (Å²) in [5.41, 5.74) is 5.32. The molecular weight excluding hydrogens is 300 g/mol. The summed E-state index contributed by atoms with van der Waals surface area (Å²) in [6.07, 6.45) is -1.69. The van der Waals surface area contributed by atoms with Crippen LogP contribution < -0.4 is 10.5 Å². The van der Waals surface area contributed by atoms with E-state index in [1.807, 2.05) is 0 Å². The van der Waals surface area contributed by atoms with Crippen molar-refractivity contribution in [2.75, 3.05) is 12.0 Å². The average Bonchev–Trinajstić information content (AvgIpc) is 2.40. The van der Waals surface area contributed by atoms with Gasteiger partial charge in [-0.25, -0.2) is 17.2 Å². The predicted octanol–water partition coefficient (Wildman–Crippen LogP) is 3.40. The number of hydrogen-bond donors (Lipinski definition) is 1. The Morgan fingerprint density at radius 3 is 2.48 bits per heavy atom. The van der Waals surface area contributed by atoms with Crippen molar-refractivity contribution >= 4 is 15.5 Å². The van der Waals surface area contributed by atoms with Crippen LogP contribution in [0, 0.1) is 0 Å². The number of anilines is 1. The molecule has 0 fully saturated rings. The number of hydrogen-bond acceptors (Lipinski definition) is 4. The molecule has 4 nitrogen and oxygen atoms in total. The van der Waals surface area contributed by atoms with Crippen LogP contribution in [0.15, 0.2) is 47.4 Å². The molecule has 0 aliphatic carbocycles. The number of nitrogens with two attached hydrogens (primary N) is 1. The smallest absolute Gasteiger partial charge is 0.267 e. The van der Waals surface area contributed by atoms with Gasteiger partial charge in [0.1, 0.15) is 11.5 Å². The molecule has 0 aromatic heterocycles. The van der Waals surface area contributed by atoms with Crippen molar-refractivity contribution in [2.45, 2.75) is 11.3 Å². The maximum atomic E-state index is 12.9. The fourth-order valence-electron chi connectivity index (χ4n) is 1.73. The number of sulfone groups is 1. The lowest BCUT2D eigenvalue weighted by Crippen LogP contribution is -1.98. The summed E-state index contributed by atoms with van der Waals surface area (Å²) in [4.78, 5) is 0.0500. The van der Waals surface area contributed by atoms with E-state index in [0.717, 1.165) is 12.3 Å². The average molecular weight is 313 g/mol. The Kier molecular flexibility index (Phi) is 4.13. The van der Waals surface area contributed by atoms with Gasteiger partial charge in [-0.15, -0.1) is 0 Å². The van der Waals surface area contributed by atoms with Crippen LogP contribution in [0.2, 0.25) is 0 Å². The molecule has 2 rings (SSSR count). The summed E-state index contributed by atoms with van der Waals surface area (Å²) in [7, 11) is -3.40. The normalized spacial score (nSPS) is 11.6. The molecule has 7 heteroatoms. The third-order valence-electron chi connectivity index (χ3n) is 2.73. The molecule has 0 spiro atoms. The van der Waals surface area contributed by atoms with Gasteiger partial charge in [0, 0.05) is 11.9 Å². The van der Waals surface area contributed by atoms with Crippen molar-refractivity contribution in [3.8, 4) is 11.5 Å². The fourth-order valence-corrected chi connectivity index (χ4v) is 2.38. The number of rotatable bonds is 4. The fraction of sp³-hybridized carbons (Fsp3) is 0.143. The molecule has 0 unspecified atom stereocenters. The minimum absolute atomic E-state index is 0.0500. The van der Waals surface area contributed by atoms with Gasteiger partial charge in [-0.2, -0.15) is 0 Å². The van der Waals surface area contributed by atoms with Crippen molar-refractivity contribution in [2.24, 2.45) is 0 Å². The van der Waals surface area contributed by atoms with E-state index in [4.69, 9.17) is 10.5 Å². The number of ether oxygens (including phenoxy) is 1. The van der Waals surface area contributed by atoms with Gasteiger partial charge in [-0.1, -0.05) is 6.07 Å². The minimum atomic E-state index is -3.40. The summed E-state index contributed by atoms with van der Waals surface area (Å²) in [6.45, 7) is 0. The quantitative estimate of drug-likeness (QED) is 0.878. The van der Waals surface area contributed by atoms with Gasteiger partial charge in [0.2, 0.25) is 0 Å². The van der Waals surface area contributed by atoms with Crippen LogP contribution in [0.5, 0.6) is 11.5 Å². The molecule has 0 bridgehead atoms. The highest BCUT2D eigenvalue weighted by Crippen LogP contribution is 2.34. The van der Waals surface area contributed by atoms with E-state index in [0.29, 0.717) is 0 Å². The van der Waals surface area contributed by atoms with Crippen molar-refractivity contribution in [1.82, 2.24) is 0 Å². The van der Waals surface area contributed by atoms with Gasteiger partial charge in [0.15, 0.2) is 9.84 Å². The molecule has 112 valence electrons. The predicted molar refractivity (Wildman–Crippen MR) is 75.4 cm³/mol. The molecule has 0 heterocycles. The van der Waals surface area contributed by atoms with Gasteiger partial charge in [-0.3, -0.25) is 0 Å². The zero-order chi connectivity index (χ0) is 15.6. The second kappa shape index (κ2) is 5.69. The zero-order valence-corrected chi connectivity index (χ0v) is 11.9. The monoisotopic (exact) mass is 313 g/mol. The highest BCUT2D eigenvalue weighted by atomic mass is 32.2.